The van der Waals surface area contributed by atoms with Gasteiger partial charge in [0.25, 0.3) is 0 Å². The number of carbonyl (C=O) groups is 1. The van der Waals surface area contributed by atoms with Crippen molar-refractivity contribution < 1.29 is 9.53 Å². The number of hydrogen-bond donors (Lipinski definition) is 1. The highest BCUT2D eigenvalue weighted by Crippen LogP contribution is 2.42. The molecular weight excluding hydrogens is 198 g/mol. The fourth-order valence-corrected chi connectivity index (χ4v) is 2.55. The van der Waals surface area contributed by atoms with Crippen LogP contribution in [0.5, 0.6) is 0 Å². The number of esters is 1. The molecule has 0 aromatic rings. The molecule has 1 fully saturated rings. The molecule has 0 aromatic carbocycles. The van der Waals surface area contributed by atoms with Crippen LogP contribution in [0.25, 0.3) is 0 Å². The van der Waals surface area contributed by atoms with E-state index in [1.807, 2.05) is 18.7 Å². The van der Waals surface area contributed by atoms with Gasteiger partial charge in [-0.1, -0.05) is 6.42 Å². The second-order valence-electron chi connectivity index (χ2n) is 3.87. The summed E-state index contributed by atoms with van der Waals surface area (Å²) in [5.41, 5.74) is 0. The number of nitrogens with one attached hydrogen (secondary N) is 1. The first kappa shape index (κ1) is 11.9. The molecule has 1 rings (SSSR count). The smallest absolute Gasteiger partial charge is 0.322 e. The lowest BCUT2D eigenvalue weighted by Gasteiger charge is -2.41. The molecule has 0 bridgehead atoms. The maximum absolute atomic E-state index is 11.1. The standard InChI is InChI=1S/C10H19NO2S/c1-8(9(12)13-2)11-7-10(14-3)5-4-6-10/h8,11H,4-7H2,1-3H3. The minimum absolute atomic E-state index is 0.180. The predicted molar refractivity (Wildman–Crippen MR) is 59.6 cm³/mol. The van der Waals surface area contributed by atoms with Gasteiger partial charge in [0, 0.05) is 11.3 Å². The lowest BCUT2D eigenvalue weighted by Crippen LogP contribution is -2.48. The van der Waals surface area contributed by atoms with Crippen molar-refractivity contribution in [2.24, 2.45) is 0 Å². The third-order valence-corrected chi connectivity index (χ3v) is 4.40. The number of hydrogen-bond acceptors (Lipinski definition) is 4. The topological polar surface area (TPSA) is 38.3 Å². The zero-order valence-electron chi connectivity index (χ0n) is 9.13. The molecule has 3 nitrogen and oxygen atoms in total. The Morgan fingerprint density at radius 1 is 1.64 bits per heavy atom. The van der Waals surface area contributed by atoms with Crippen molar-refractivity contribution in [1.29, 1.82) is 0 Å². The molecule has 0 amide bonds. The van der Waals surface area contributed by atoms with E-state index in [0.29, 0.717) is 4.75 Å². The van der Waals surface area contributed by atoms with Gasteiger partial charge in [-0.25, -0.2) is 0 Å². The van der Waals surface area contributed by atoms with E-state index < -0.39 is 0 Å². The Labute approximate surface area is 90.0 Å². The van der Waals surface area contributed by atoms with Crippen LogP contribution in [0.4, 0.5) is 0 Å². The number of carbonyl (C=O) groups excluding carboxylic acids is 1. The summed E-state index contributed by atoms with van der Waals surface area (Å²) in [6.45, 7) is 2.75. The molecule has 82 valence electrons. The molecule has 1 aliphatic carbocycles. The van der Waals surface area contributed by atoms with E-state index in [-0.39, 0.29) is 12.0 Å². The van der Waals surface area contributed by atoms with Crippen molar-refractivity contribution in [3.05, 3.63) is 0 Å². The molecule has 0 aliphatic heterocycles. The first-order valence-corrected chi connectivity index (χ1v) is 6.22. The minimum Gasteiger partial charge on any atom is -0.468 e. The highest BCUT2D eigenvalue weighted by molar-refractivity contribution is 8.00. The number of methoxy groups -OCH3 is 1. The number of rotatable bonds is 5. The molecule has 14 heavy (non-hydrogen) atoms. The van der Waals surface area contributed by atoms with Gasteiger partial charge in [-0.3, -0.25) is 4.79 Å². The average Bonchev–Trinajstić information content (AvgIpc) is 2.15. The molecule has 1 N–H and O–H groups in total. The summed E-state index contributed by atoms with van der Waals surface area (Å²) in [5.74, 6) is -0.180. The van der Waals surface area contributed by atoms with E-state index in [2.05, 4.69) is 16.3 Å². The van der Waals surface area contributed by atoms with Gasteiger partial charge in [-0.2, -0.15) is 11.8 Å². The summed E-state index contributed by atoms with van der Waals surface area (Å²) >= 11 is 1.91. The summed E-state index contributed by atoms with van der Waals surface area (Å²) in [4.78, 5) is 11.1. The third kappa shape index (κ3) is 2.64. The molecule has 4 heteroatoms. The highest BCUT2D eigenvalue weighted by atomic mass is 32.2. The number of ether oxygens (including phenoxy) is 1. The fourth-order valence-electron chi connectivity index (χ4n) is 1.62. The van der Waals surface area contributed by atoms with Crippen LogP contribution in [0.2, 0.25) is 0 Å². The van der Waals surface area contributed by atoms with Gasteiger partial charge in [0.15, 0.2) is 0 Å². The first-order valence-electron chi connectivity index (χ1n) is 5.00. The Morgan fingerprint density at radius 3 is 2.64 bits per heavy atom. The van der Waals surface area contributed by atoms with Crippen LogP contribution in [0.1, 0.15) is 26.2 Å². The SMILES string of the molecule is COC(=O)C(C)NCC1(SC)CCC1. The van der Waals surface area contributed by atoms with Crippen LogP contribution in [-0.4, -0.2) is 36.7 Å². The van der Waals surface area contributed by atoms with Crippen LogP contribution in [-0.2, 0) is 9.53 Å². The van der Waals surface area contributed by atoms with Crippen molar-refractivity contribution in [2.75, 3.05) is 19.9 Å². The molecule has 0 radical (unpaired) electrons. The van der Waals surface area contributed by atoms with Crippen molar-refractivity contribution >= 4 is 17.7 Å². The maximum Gasteiger partial charge on any atom is 0.322 e. The molecule has 0 spiro atoms. The van der Waals surface area contributed by atoms with Gasteiger partial charge in [-0.05, 0) is 26.0 Å². The second-order valence-corrected chi connectivity index (χ2v) is 5.14. The second kappa shape index (κ2) is 5.03. The normalized spacial score (nSPS) is 21.1. The Bertz CT molecular complexity index is 199. The predicted octanol–water partition coefficient (Wildman–Crippen LogP) is 1.42. The van der Waals surface area contributed by atoms with Crippen molar-refractivity contribution in [2.45, 2.75) is 37.0 Å². The van der Waals surface area contributed by atoms with Crippen molar-refractivity contribution in [3.63, 3.8) is 0 Å². The summed E-state index contributed by atoms with van der Waals surface area (Å²) in [6.07, 6.45) is 5.98. The molecule has 0 aromatic heterocycles. The maximum atomic E-state index is 11.1. The summed E-state index contributed by atoms with van der Waals surface area (Å²) in [6, 6.07) is -0.190. The summed E-state index contributed by atoms with van der Waals surface area (Å²) < 4.78 is 5.03. The summed E-state index contributed by atoms with van der Waals surface area (Å²) in [7, 11) is 1.42. The molecule has 0 heterocycles. The third-order valence-electron chi connectivity index (χ3n) is 2.98. The van der Waals surface area contributed by atoms with E-state index >= 15 is 0 Å². The van der Waals surface area contributed by atoms with E-state index in [1.165, 1.54) is 26.4 Å². The van der Waals surface area contributed by atoms with E-state index in [4.69, 9.17) is 0 Å². The monoisotopic (exact) mass is 217 g/mol. The van der Waals surface area contributed by atoms with Gasteiger partial charge in [-0.15, -0.1) is 0 Å². The minimum atomic E-state index is -0.190. The first-order chi connectivity index (χ1) is 6.63. The Morgan fingerprint density at radius 2 is 2.29 bits per heavy atom. The molecule has 1 saturated carbocycles. The number of thioether (sulfide) groups is 1. The Hall–Kier alpha value is -0.220. The van der Waals surface area contributed by atoms with Crippen molar-refractivity contribution in [3.8, 4) is 0 Å². The Kier molecular flexibility index (Phi) is 4.26. The lowest BCUT2D eigenvalue weighted by atomic mass is 9.84. The van der Waals surface area contributed by atoms with Gasteiger partial charge in [0.1, 0.15) is 6.04 Å². The molecule has 1 unspecified atom stereocenters. The molecular formula is C10H19NO2S. The van der Waals surface area contributed by atoms with Crippen LogP contribution >= 0.6 is 11.8 Å². The van der Waals surface area contributed by atoms with Crippen LogP contribution in [0.15, 0.2) is 0 Å². The highest BCUT2D eigenvalue weighted by Gasteiger charge is 2.36. The van der Waals surface area contributed by atoms with Crippen LogP contribution in [0.3, 0.4) is 0 Å². The largest absolute Gasteiger partial charge is 0.468 e. The molecule has 1 aliphatic rings. The average molecular weight is 217 g/mol. The summed E-state index contributed by atoms with van der Waals surface area (Å²) in [5, 5.41) is 3.23. The fraction of sp³-hybridized carbons (Fsp3) is 0.900. The van der Waals surface area contributed by atoms with E-state index in [0.717, 1.165) is 6.54 Å². The van der Waals surface area contributed by atoms with E-state index in [9.17, 15) is 4.79 Å². The quantitative estimate of drug-likeness (QED) is 0.707. The zero-order chi connectivity index (χ0) is 10.6. The van der Waals surface area contributed by atoms with Gasteiger partial charge in [0.2, 0.25) is 0 Å². The van der Waals surface area contributed by atoms with Crippen molar-refractivity contribution in [1.82, 2.24) is 5.32 Å². The zero-order valence-corrected chi connectivity index (χ0v) is 9.95. The van der Waals surface area contributed by atoms with Gasteiger partial charge >= 0.3 is 5.97 Å². The molecule has 1 atom stereocenters. The van der Waals surface area contributed by atoms with Crippen LogP contribution < -0.4 is 5.32 Å². The van der Waals surface area contributed by atoms with Gasteiger partial charge < -0.3 is 10.1 Å². The van der Waals surface area contributed by atoms with Gasteiger partial charge in [0.05, 0.1) is 7.11 Å². The lowest BCUT2D eigenvalue weighted by molar-refractivity contribution is -0.142. The van der Waals surface area contributed by atoms with Crippen LogP contribution in [0, 0.1) is 0 Å². The Balaban J connectivity index is 2.28. The van der Waals surface area contributed by atoms with E-state index in [1.54, 1.807) is 0 Å². The molecule has 0 saturated heterocycles.